The quantitative estimate of drug-likeness (QED) is 0.742. The molecule has 0 saturated carbocycles. The number of hydrogen-bond acceptors (Lipinski definition) is 1. The van der Waals surface area contributed by atoms with Gasteiger partial charge in [0.1, 0.15) is 0 Å². The molecule has 0 saturated heterocycles. The predicted molar refractivity (Wildman–Crippen MR) is 94.7 cm³/mol. The predicted octanol–water partition coefficient (Wildman–Crippen LogP) is 5.02. The summed E-state index contributed by atoms with van der Waals surface area (Å²) in [6.07, 6.45) is 1.07. The Morgan fingerprint density at radius 3 is 2.38 bits per heavy atom. The lowest BCUT2D eigenvalue weighted by atomic mass is 9.92. The highest BCUT2D eigenvalue weighted by Crippen LogP contribution is 2.23. The van der Waals surface area contributed by atoms with Crippen LogP contribution >= 0.6 is 15.9 Å². The van der Waals surface area contributed by atoms with Gasteiger partial charge in [-0.05, 0) is 42.1 Å². The molecule has 1 unspecified atom stereocenters. The van der Waals surface area contributed by atoms with Gasteiger partial charge in [0.25, 0.3) is 0 Å². The van der Waals surface area contributed by atoms with Crippen molar-refractivity contribution in [2.75, 3.05) is 13.1 Å². The number of benzene rings is 2. The highest BCUT2D eigenvalue weighted by atomic mass is 79.9. The maximum atomic E-state index is 3.61. The Labute approximate surface area is 136 Å². The van der Waals surface area contributed by atoms with Crippen molar-refractivity contribution in [1.29, 1.82) is 0 Å². The molecule has 1 atom stereocenters. The van der Waals surface area contributed by atoms with E-state index in [9.17, 15) is 0 Å². The van der Waals surface area contributed by atoms with Crippen molar-refractivity contribution in [2.45, 2.75) is 26.2 Å². The monoisotopic (exact) mass is 345 g/mol. The van der Waals surface area contributed by atoms with E-state index < -0.39 is 0 Å². The van der Waals surface area contributed by atoms with Gasteiger partial charge in [0.2, 0.25) is 0 Å². The van der Waals surface area contributed by atoms with Gasteiger partial charge in [-0.3, -0.25) is 0 Å². The molecular formula is C19H24BrN. The van der Waals surface area contributed by atoms with Crippen LogP contribution in [-0.2, 0) is 6.42 Å². The molecule has 0 heterocycles. The zero-order chi connectivity index (χ0) is 15.1. The Morgan fingerprint density at radius 2 is 1.71 bits per heavy atom. The Kier molecular flexibility index (Phi) is 6.47. The van der Waals surface area contributed by atoms with Crippen LogP contribution in [0.1, 0.15) is 30.9 Å². The molecule has 0 aliphatic rings. The van der Waals surface area contributed by atoms with Gasteiger partial charge in [0.05, 0.1) is 0 Å². The summed E-state index contributed by atoms with van der Waals surface area (Å²) >= 11 is 3.59. The van der Waals surface area contributed by atoms with E-state index in [0.717, 1.165) is 24.0 Å². The first-order valence-corrected chi connectivity index (χ1v) is 8.44. The molecule has 0 bridgehead atoms. The summed E-state index contributed by atoms with van der Waals surface area (Å²) in [6, 6.07) is 19.4. The summed E-state index contributed by atoms with van der Waals surface area (Å²) in [6.45, 7) is 6.58. The molecule has 0 aliphatic carbocycles. The molecule has 112 valence electrons. The number of nitrogens with one attached hydrogen (secondary N) is 1. The van der Waals surface area contributed by atoms with Crippen LogP contribution < -0.4 is 5.32 Å². The molecule has 21 heavy (non-hydrogen) atoms. The van der Waals surface area contributed by atoms with Gasteiger partial charge in [-0.2, -0.15) is 0 Å². The highest BCUT2D eigenvalue weighted by Gasteiger charge is 2.13. The van der Waals surface area contributed by atoms with Crippen molar-refractivity contribution in [1.82, 2.24) is 5.32 Å². The Hall–Kier alpha value is -1.12. The van der Waals surface area contributed by atoms with Crippen molar-refractivity contribution < 1.29 is 0 Å². The second-order valence-corrected chi connectivity index (χ2v) is 6.91. The van der Waals surface area contributed by atoms with E-state index in [1.165, 1.54) is 11.1 Å². The fourth-order valence-corrected chi connectivity index (χ4v) is 2.93. The smallest absolute Gasteiger partial charge is 0.0178 e. The molecule has 2 aromatic rings. The first-order valence-electron chi connectivity index (χ1n) is 7.65. The molecule has 1 nitrogen and oxygen atoms in total. The molecular weight excluding hydrogens is 322 g/mol. The van der Waals surface area contributed by atoms with Crippen molar-refractivity contribution in [3.8, 4) is 0 Å². The molecule has 0 aromatic heterocycles. The van der Waals surface area contributed by atoms with E-state index in [0.29, 0.717) is 11.8 Å². The van der Waals surface area contributed by atoms with E-state index in [1.54, 1.807) is 0 Å². The average molecular weight is 346 g/mol. The minimum absolute atomic E-state index is 0.503. The van der Waals surface area contributed by atoms with Gasteiger partial charge in [-0.25, -0.2) is 0 Å². The number of hydrogen-bond donors (Lipinski definition) is 1. The van der Waals surface area contributed by atoms with E-state index in [4.69, 9.17) is 0 Å². The zero-order valence-electron chi connectivity index (χ0n) is 12.9. The zero-order valence-corrected chi connectivity index (χ0v) is 14.4. The SMILES string of the molecule is CC(C)CNCC(Cc1ccccc1)c1cccc(Br)c1. The maximum Gasteiger partial charge on any atom is 0.0178 e. The van der Waals surface area contributed by atoms with Gasteiger partial charge < -0.3 is 5.32 Å². The van der Waals surface area contributed by atoms with Crippen LogP contribution in [0.4, 0.5) is 0 Å². The molecule has 0 aliphatic heterocycles. The van der Waals surface area contributed by atoms with Crippen LogP contribution in [0.3, 0.4) is 0 Å². The number of halogens is 1. The minimum atomic E-state index is 0.503. The Balaban J connectivity index is 2.10. The standard InChI is InChI=1S/C19H24BrN/c1-15(2)13-21-14-18(11-16-7-4-3-5-8-16)17-9-6-10-19(20)12-17/h3-10,12,15,18,21H,11,13-14H2,1-2H3. The Morgan fingerprint density at radius 1 is 0.952 bits per heavy atom. The Bertz CT molecular complexity index is 536. The van der Waals surface area contributed by atoms with Crippen molar-refractivity contribution in [3.05, 3.63) is 70.2 Å². The lowest BCUT2D eigenvalue weighted by Gasteiger charge is -2.19. The van der Waals surface area contributed by atoms with E-state index in [1.807, 2.05) is 0 Å². The van der Waals surface area contributed by atoms with Gasteiger partial charge in [0.15, 0.2) is 0 Å². The largest absolute Gasteiger partial charge is 0.316 e. The second kappa shape index (κ2) is 8.35. The molecule has 2 aromatic carbocycles. The molecule has 2 rings (SSSR count). The van der Waals surface area contributed by atoms with Crippen molar-refractivity contribution >= 4 is 15.9 Å². The topological polar surface area (TPSA) is 12.0 Å². The molecule has 0 radical (unpaired) electrons. The second-order valence-electron chi connectivity index (χ2n) is 5.99. The van der Waals surface area contributed by atoms with Gasteiger partial charge in [-0.1, -0.05) is 72.2 Å². The average Bonchev–Trinajstić information content (AvgIpc) is 2.47. The first kappa shape index (κ1) is 16.3. The van der Waals surface area contributed by atoms with Crippen LogP contribution in [-0.4, -0.2) is 13.1 Å². The number of rotatable bonds is 7. The van der Waals surface area contributed by atoms with Crippen LogP contribution in [0.15, 0.2) is 59.1 Å². The van der Waals surface area contributed by atoms with Crippen LogP contribution in [0.25, 0.3) is 0 Å². The minimum Gasteiger partial charge on any atom is -0.316 e. The van der Waals surface area contributed by atoms with Crippen LogP contribution in [0.5, 0.6) is 0 Å². The van der Waals surface area contributed by atoms with Gasteiger partial charge >= 0.3 is 0 Å². The third-order valence-electron chi connectivity index (χ3n) is 3.59. The van der Waals surface area contributed by atoms with Gasteiger partial charge in [0, 0.05) is 16.9 Å². The maximum absolute atomic E-state index is 3.61. The summed E-state index contributed by atoms with van der Waals surface area (Å²) < 4.78 is 1.15. The van der Waals surface area contributed by atoms with Crippen LogP contribution in [0.2, 0.25) is 0 Å². The normalized spacial score (nSPS) is 12.6. The fraction of sp³-hybridized carbons (Fsp3) is 0.368. The third-order valence-corrected chi connectivity index (χ3v) is 4.08. The van der Waals surface area contributed by atoms with E-state index >= 15 is 0 Å². The lowest BCUT2D eigenvalue weighted by molar-refractivity contribution is 0.514. The van der Waals surface area contributed by atoms with Crippen molar-refractivity contribution in [3.63, 3.8) is 0 Å². The molecule has 0 spiro atoms. The van der Waals surface area contributed by atoms with E-state index in [-0.39, 0.29) is 0 Å². The highest BCUT2D eigenvalue weighted by molar-refractivity contribution is 9.10. The van der Waals surface area contributed by atoms with Crippen molar-refractivity contribution in [2.24, 2.45) is 5.92 Å². The van der Waals surface area contributed by atoms with E-state index in [2.05, 4.69) is 89.7 Å². The summed E-state index contributed by atoms with van der Waals surface area (Å²) in [4.78, 5) is 0. The van der Waals surface area contributed by atoms with Gasteiger partial charge in [-0.15, -0.1) is 0 Å². The first-order chi connectivity index (χ1) is 10.1. The summed E-state index contributed by atoms with van der Waals surface area (Å²) in [5, 5.41) is 3.61. The molecule has 0 fully saturated rings. The summed E-state index contributed by atoms with van der Waals surface area (Å²) in [5.74, 6) is 1.19. The third kappa shape index (κ3) is 5.64. The van der Waals surface area contributed by atoms with Crippen LogP contribution in [0, 0.1) is 5.92 Å². The summed E-state index contributed by atoms with van der Waals surface area (Å²) in [5.41, 5.74) is 2.79. The molecule has 0 amide bonds. The lowest BCUT2D eigenvalue weighted by Crippen LogP contribution is -2.26. The molecule has 2 heteroatoms. The summed E-state index contributed by atoms with van der Waals surface area (Å²) in [7, 11) is 0. The molecule has 1 N–H and O–H groups in total. The fourth-order valence-electron chi connectivity index (χ4n) is 2.51.